The molecule has 0 amide bonds. The van der Waals surface area contributed by atoms with E-state index in [1.54, 1.807) is 14.0 Å². The van der Waals surface area contributed by atoms with Gasteiger partial charge in [0.05, 0.1) is 16.8 Å². The van der Waals surface area contributed by atoms with E-state index in [4.69, 9.17) is 22.7 Å². The van der Waals surface area contributed by atoms with Crippen molar-refractivity contribution in [3.63, 3.8) is 0 Å². The van der Waals surface area contributed by atoms with Gasteiger partial charge in [0, 0.05) is 7.05 Å². The average molecular weight is 315 g/mol. The van der Waals surface area contributed by atoms with Crippen LogP contribution in [0.2, 0.25) is 0 Å². The summed E-state index contributed by atoms with van der Waals surface area (Å²) in [6, 6.07) is 4.35. The van der Waals surface area contributed by atoms with Crippen molar-refractivity contribution in [1.82, 2.24) is 9.78 Å². The predicted molar refractivity (Wildman–Crippen MR) is 75.4 cm³/mol. The molecule has 8 heteroatoms. The molecule has 112 valence electrons. The lowest BCUT2D eigenvalue weighted by Gasteiger charge is -2.10. The van der Waals surface area contributed by atoms with Crippen LogP contribution in [0.25, 0.3) is 0 Å². The van der Waals surface area contributed by atoms with Crippen LogP contribution < -0.4 is 10.5 Å². The molecule has 1 aromatic carbocycles. The molecule has 0 fully saturated rings. The van der Waals surface area contributed by atoms with Gasteiger partial charge in [0.2, 0.25) is 5.88 Å². The van der Waals surface area contributed by atoms with Crippen LogP contribution in [-0.4, -0.2) is 14.8 Å². The third-order valence-electron chi connectivity index (χ3n) is 2.81. The molecule has 21 heavy (non-hydrogen) atoms. The van der Waals surface area contributed by atoms with Crippen LogP contribution in [0.1, 0.15) is 16.8 Å². The van der Waals surface area contributed by atoms with E-state index < -0.39 is 11.7 Å². The number of aromatic nitrogens is 2. The van der Waals surface area contributed by atoms with Crippen LogP contribution in [0, 0.1) is 6.92 Å². The fourth-order valence-corrected chi connectivity index (χ4v) is 2.10. The van der Waals surface area contributed by atoms with Crippen LogP contribution in [0.3, 0.4) is 0 Å². The maximum absolute atomic E-state index is 12.5. The molecule has 0 aliphatic rings. The van der Waals surface area contributed by atoms with Crippen LogP contribution in [-0.2, 0) is 13.2 Å². The molecule has 0 saturated heterocycles. The van der Waals surface area contributed by atoms with Gasteiger partial charge in [-0.2, -0.15) is 18.3 Å². The maximum atomic E-state index is 12.5. The quantitative estimate of drug-likeness (QED) is 0.884. The first-order valence-corrected chi connectivity index (χ1v) is 6.29. The number of hydrogen-bond donors (Lipinski definition) is 1. The highest BCUT2D eigenvalue weighted by atomic mass is 32.1. The molecular formula is C13H12F3N3OS. The standard InChI is InChI=1S/C13H12F3N3OS/c1-7-10(11(17)21)12(19(2)18-7)20-9-5-3-8(4-6-9)13(14,15)16/h3-6H,1-2H3,(H2,17,21). The molecule has 0 spiro atoms. The van der Waals surface area contributed by atoms with Crippen molar-refractivity contribution in [3.05, 3.63) is 41.1 Å². The van der Waals surface area contributed by atoms with Gasteiger partial charge in [-0.3, -0.25) is 0 Å². The minimum atomic E-state index is -4.38. The van der Waals surface area contributed by atoms with Gasteiger partial charge in [0.1, 0.15) is 10.7 Å². The van der Waals surface area contributed by atoms with Crippen LogP contribution >= 0.6 is 12.2 Å². The summed E-state index contributed by atoms with van der Waals surface area (Å²) in [4.78, 5) is 0.113. The number of nitrogens with zero attached hydrogens (tertiary/aromatic N) is 2. The second-order valence-electron chi connectivity index (χ2n) is 4.38. The summed E-state index contributed by atoms with van der Waals surface area (Å²) in [5.41, 5.74) is 5.92. The Bertz CT molecular complexity index is 677. The lowest BCUT2D eigenvalue weighted by molar-refractivity contribution is -0.137. The summed E-state index contributed by atoms with van der Waals surface area (Å²) in [6.07, 6.45) is -4.38. The van der Waals surface area contributed by atoms with Crippen LogP contribution in [0.4, 0.5) is 13.2 Å². The number of benzene rings is 1. The Morgan fingerprint density at radius 1 is 1.29 bits per heavy atom. The van der Waals surface area contributed by atoms with Crippen molar-refractivity contribution in [3.8, 4) is 11.6 Å². The fraction of sp³-hybridized carbons (Fsp3) is 0.231. The summed E-state index contributed by atoms with van der Waals surface area (Å²) in [5.74, 6) is 0.531. The molecule has 4 nitrogen and oxygen atoms in total. The molecular weight excluding hydrogens is 303 g/mol. The first-order chi connectivity index (χ1) is 9.70. The Labute approximate surface area is 124 Å². The van der Waals surface area contributed by atoms with E-state index in [1.165, 1.54) is 16.8 Å². The van der Waals surface area contributed by atoms with Gasteiger partial charge in [-0.1, -0.05) is 12.2 Å². The fourth-order valence-electron chi connectivity index (χ4n) is 1.86. The molecule has 1 aromatic heterocycles. The summed E-state index contributed by atoms with van der Waals surface area (Å²) >= 11 is 4.93. The Hall–Kier alpha value is -2.09. The van der Waals surface area contributed by atoms with E-state index in [2.05, 4.69) is 5.10 Å². The minimum absolute atomic E-state index is 0.113. The SMILES string of the molecule is Cc1nn(C)c(Oc2ccc(C(F)(F)F)cc2)c1C(N)=S. The normalized spacial score (nSPS) is 11.5. The zero-order chi connectivity index (χ0) is 15.8. The Morgan fingerprint density at radius 2 is 1.86 bits per heavy atom. The lowest BCUT2D eigenvalue weighted by atomic mass is 10.2. The smallest absolute Gasteiger partial charge is 0.416 e. The number of nitrogens with two attached hydrogens (primary N) is 1. The number of hydrogen-bond acceptors (Lipinski definition) is 3. The van der Waals surface area contributed by atoms with Gasteiger partial charge < -0.3 is 10.5 Å². The number of aryl methyl sites for hydroxylation is 2. The molecule has 0 aliphatic heterocycles. The van der Waals surface area contributed by atoms with E-state index in [1.807, 2.05) is 0 Å². The number of thiocarbonyl (C=S) groups is 1. The molecule has 0 bridgehead atoms. The van der Waals surface area contributed by atoms with Gasteiger partial charge in [-0.05, 0) is 31.2 Å². The zero-order valence-electron chi connectivity index (χ0n) is 11.2. The van der Waals surface area contributed by atoms with E-state index in [-0.39, 0.29) is 10.7 Å². The van der Waals surface area contributed by atoms with Crippen molar-refractivity contribution in [2.75, 3.05) is 0 Å². The third kappa shape index (κ3) is 3.15. The predicted octanol–water partition coefficient (Wildman–Crippen LogP) is 3.17. The summed E-state index contributed by atoms with van der Waals surface area (Å²) in [6.45, 7) is 1.72. The van der Waals surface area contributed by atoms with Gasteiger partial charge >= 0.3 is 6.18 Å². The van der Waals surface area contributed by atoms with E-state index in [0.717, 1.165) is 12.1 Å². The third-order valence-corrected chi connectivity index (χ3v) is 3.02. The van der Waals surface area contributed by atoms with Crippen molar-refractivity contribution < 1.29 is 17.9 Å². The highest BCUT2D eigenvalue weighted by Gasteiger charge is 2.30. The Morgan fingerprint density at radius 3 is 2.33 bits per heavy atom. The average Bonchev–Trinajstić information content (AvgIpc) is 2.63. The molecule has 1 heterocycles. The number of alkyl halides is 3. The summed E-state index contributed by atoms with van der Waals surface area (Å²) < 4.78 is 44.5. The number of ether oxygens (including phenoxy) is 1. The highest BCUT2D eigenvalue weighted by molar-refractivity contribution is 7.80. The second-order valence-corrected chi connectivity index (χ2v) is 4.82. The first-order valence-electron chi connectivity index (χ1n) is 5.88. The molecule has 0 saturated carbocycles. The molecule has 0 aliphatic carbocycles. The number of halogens is 3. The zero-order valence-corrected chi connectivity index (χ0v) is 12.0. The highest BCUT2D eigenvalue weighted by Crippen LogP contribution is 2.32. The van der Waals surface area contributed by atoms with Gasteiger partial charge in [-0.15, -0.1) is 0 Å². The van der Waals surface area contributed by atoms with E-state index >= 15 is 0 Å². The Balaban J connectivity index is 2.33. The van der Waals surface area contributed by atoms with Crippen LogP contribution in [0.15, 0.2) is 24.3 Å². The monoisotopic (exact) mass is 315 g/mol. The molecule has 2 N–H and O–H groups in total. The first kappa shape index (κ1) is 15.3. The molecule has 0 unspecified atom stereocenters. The van der Waals surface area contributed by atoms with Crippen molar-refractivity contribution >= 4 is 17.2 Å². The molecule has 0 radical (unpaired) electrons. The minimum Gasteiger partial charge on any atom is -0.439 e. The Kier molecular flexibility index (Phi) is 3.91. The van der Waals surface area contributed by atoms with Crippen molar-refractivity contribution in [2.24, 2.45) is 12.8 Å². The van der Waals surface area contributed by atoms with Gasteiger partial charge in [0.15, 0.2) is 0 Å². The molecule has 2 aromatic rings. The summed E-state index contributed by atoms with van der Waals surface area (Å²) in [7, 11) is 1.63. The van der Waals surface area contributed by atoms with Crippen LogP contribution in [0.5, 0.6) is 11.6 Å². The summed E-state index contributed by atoms with van der Waals surface area (Å²) in [5, 5.41) is 4.13. The van der Waals surface area contributed by atoms with Crippen molar-refractivity contribution in [2.45, 2.75) is 13.1 Å². The van der Waals surface area contributed by atoms with Gasteiger partial charge in [0.25, 0.3) is 0 Å². The van der Waals surface area contributed by atoms with Crippen molar-refractivity contribution in [1.29, 1.82) is 0 Å². The maximum Gasteiger partial charge on any atom is 0.416 e. The molecule has 0 atom stereocenters. The largest absolute Gasteiger partial charge is 0.439 e. The van der Waals surface area contributed by atoms with Gasteiger partial charge in [-0.25, -0.2) is 4.68 Å². The second kappa shape index (κ2) is 5.36. The number of rotatable bonds is 3. The molecule has 2 rings (SSSR count). The lowest BCUT2D eigenvalue weighted by Crippen LogP contribution is -2.11. The topological polar surface area (TPSA) is 53.1 Å². The van der Waals surface area contributed by atoms with E-state index in [0.29, 0.717) is 17.1 Å². The van der Waals surface area contributed by atoms with E-state index in [9.17, 15) is 13.2 Å².